The molecule has 1 fully saturated rings. The first-order chi connectivity index (χ1) is 13.0. The molecular weight excluding hydrogens is 366 g/mol. The van der Waals surface area contributed by atoms with Crippen LogP contribution in [0.1, 0.15) is 48.6 Å². The van der Waals surface area contributed by atoms with Gasteiger partial charge >= 0.3 is 5.91 Å². The molecule has 1 saturated carbocycles. The van der Waals surface area contributed by atoms with Crippen molar-refractivity contribution in [3.63, 3.8) is 0 Å². The summed E-state index contributed by atoms with van der Waals surface area (Å²) in [6.45, 7) is 6.59. The molecule has 1 aromatic carbocycles. The van der Waals surface area contributed by atoms with Gasteiger partial charge in [-0.25, -0.2) is 0 Å². The van der Waals surface area contributed by atoms with Gasteiger partial charge in [0.2, 0.25) is 5.91 Å². The summed E-state index contributed by atoms with van der Waals surface area (Å²) in [6, 6.07) is 10.7. The van der Waals surface area contributed by atoms with E-state index < -0.39 is 11.3 Å². The van der Waals surface area contributed by atoms with E-state index >= 15 is 0 Å². The predicted molar refractivity (Wildman–Crippen MR) is 103 cm³/mol. The molecule has 0 saturated heterocycles. The number of rotatable bonds is 7. The molecule has 0 bridgehead atoms. The van der Waals surface area contributed by atoms with E-state index in [9.17, 15) is 9.59 Å². The Balaban J connectivity index is 1.58. The third-order valence-electron chi connectivity index (χ3n) is 5.01. The quantitative estimate of drug-likeness (QED) is 0.713. The number of carbonyl (C=O) groups excluding carboxylic acids is 2. The van der Waals surface area contributed by atoms with E-state index in [1.54, 1.807) is 24.3 Å². The molecule has 2 aromatic rings. The number of hydrazine groups is 1. The minimum atomic E-state index is -0.616. The van der Waals surface area contributed by atoms with Crippen LogP contribution in [0.15, 0.2) is 40.8 Å². The Hall–Kier alpha value is -2.31. The van der Waals surface area contributed by atoms with E-state index in [2.05, 4.69) is 29.6 Å². The van der Waals surface area contributed by atoms with Crippen LogP contribution in [0.2, 0.25) is 5.02 Å². The molecule has 7 heteroatoms. The molecule has 0 unspecified atom stereocenters. The van der Waals surface area contributed by atoms with Gasteiger partial charge in [0.15, 0.2) is 5.76 Å². The number of amides is 2. The maximum atomic E-state index is 12.6. The van der Waals surface area contributed by atoms with Crippen molar-refractivity contribution in [2.45, 2.75) is 38.6 Å². The second kappa shape index (κ2) is 8.15. The first kappa shape index (κ1) is 19.5. The molecule has 0 radical (unpaired) electrons. The molecule has 3 rings (SSSR count). The lowest BCUT2D eigenvalue weighted by Gasteiger charge is -2.16. The van der Waals surface area contributed by atoms with Crippen LogP contribution in [0.4, 0.5) is 0 Å². The fourth-order valence-electron chi connectivity index (χ4n) is 3.11. The Morgan fingerprint density at radius 3 is 2.52 bits per heavy atom. The zero-order chi connectivity index (χ0) is 19.4. The predicted octanol–water partition coefficient (Wildman–Crippen LogP) is 3.27. The van der Waals surface area contributed by atoms with Crippen molar-refractivity contribution in [3.05, 3.63) is 58.5 Å². The van der Waals surface area contributed by atoms with Crippen LogP contribution in [0, 0.1) is 0 Å². The number of nitrogens with zero attached hydrogens (tertiary/aromatic N) is 1. The third-order valence-corrected chi connectivity index (χ3v) is 5.25. The van der Waals surface area contributed by atoms with Crippen molar-refractivity contribution in [1.29, 1.82) is 0 Å². The van der Waals surface area contributed by atoms with E-state index in [0.29, 0.717) is 17.3 Å². The molecule has 1 aromatic heterocycles. The molecule has 2 amide bonds. The standard InChI is InChI=1S/C20H24ClN3O3/c1-3-24(4-2)13-16-8-9-17(27-16)18(25)22-23-19(26)20(10-11-20)14-6-5-7-15(21)12-14/h5-9,12H,3-4,10-11,13H2,1-2H3,(H,22,25)(H,23,26). The van der Waals surface area contributed by atoms with Crippen LogP contribution < -0.4 is 10.9 Å². The molecule has 0 aliphatic heterocycles. The lowest BCUT2D eigenvalue weighted by Crippen LogP contribution is -2.46. The molecule has 2 N–H and O–H groups in total. The summed E-state index contributed by atoms with van der Waals surface area (Å²) in [7, 11) is 0. The molecule has 27 heavy (non-hydrogen) atoms. The maximum absolute atomic E-state index is 12.6. The lowest BCUT2D eigenvalue weighted by molar-refractivity contribution is -0.124. The topological polar surface area (TPSA) is 74.6 Å². The normalized spacial score (nSPS) is 14.8. The Morgan fingerprint density at radius 2 is 1.89 bits per heavy atom. The number of carbonyl (C=O) groups is 2. The minimum Gasteiger partial charge on any atom is -0.454 e. The van der Waals surface area contributed by atoms with Crippen LogP contribution in [0.25, 0.3) is 0 Å². The fourth-order valence-corrected chi connectivity index (χ4v) is 3.30. The van der Waals surface area contributed by atoms with Gasteiger partial charge in [0.25, 0.3) is 0 Å². The van der Waals surface area contributed by atoms with Crippen LogP contribution in [0.3, 0.4) is 0 Å². The second-order valence-electron chi connectivity index (χ2n) is 6.73. The largest absolute Gasteiger partial charge is 0.454 e. The third kappa shape index (κ3) is 4.34. The second-order valence-corrected chi connectivity index (χ2v) is 7.16. The first-order valence-corrected chi connectivity index (χ1v) is 9.54. The van der Waals surface area contributed by atoms with Gasteiger partial charge in [-0.15, -0.1) is 0 Å². The van der Waals surface area contributed by atoms with Gasteiger partial charge in [-0.3, -0.25) is 25.3 Å². The van der Waals surface area contributed by atoms with Gasteiger partial charge in [-0.05, 0) is 55.8 Å². The summed E-state index contributed by atoms with van der Waals surface area (Å²) in [4.78, 5) is 27.1. The summed E-state index contributed by atoms with van der Waals surface area (Å²) >= 11 is 6.03. The Labute approximate surface area is 163 Å². The Bertz CT molecular complexity index is 825. The van der Waals surface area contributed by atoms with Gasteiger partial charge < -0.3 is 4.42 Å². The van der Waals surface area contributed by atoms with E-state index in [4.69, 9.17) is 16.0 Å². The smallest absolute Gasteiger partial charge is 0.305 e. The van der Waals surface area contributed by atoms with E-state index in [-0.39, 0.29) is 11.7 Å². The summed E-state index contributed by atoms with van der Waals surface area (Å²) in [5, 5.41) is 0.590. The highest BCUT2D eigenvalue weighted by Crippen LogP contribution is 2.48. The molecule has 0 atom stereocenters. The number of furan rings is 1. The van der Waals surface area contributed by atoms with Crippen molar-refractivity contribution in [2.75, 3.05) is 13.1 Å². The van der Waals surface area contributed by atoms with Crippen LogP contribution in [-0.2, 0) is 16.8 Å². The fraction of sp³-hybridized carbons (Fsp3) is 0.400. The number of benzene rings is 1. The Kier molecular flexibility index (Phi) is 5.87. The minimum absolute atomic E-state index is 0.171. The van der Waals surface area contributed by atoms with Crippen LogP contribution in [-0.4, -0.2) is 29.8 Å². The van der Waals surface area contributed by atoms with Crippen molar-refractivity contribution in [1.82, 2.24) is 15.8 Å². The zero-order valence-corrected chi connectivity index (χ0v) is 16.3. The summed E-state index contributed by atoms with van der Waals surface area (Å²) in [6.07, 6.45) is 1.45. The number of hydrogen-bond donors (Lipinski definition) is 2. The Morgan fingerprint density at radius 1 is 1.15 bits per heavy atom. The average molecular weight is 390 g/mol. The van der Waals surface area contributed by atoms with Crippen molar-refractivity contribution in [2.24, 2.45) is 0 Å². The SMILES string of the molecule is CCN(CC)Cc1ccc(C(=O)NNC(=O)C2(c3cccc(Cl)c3)CC2)o1. The molecule has 1 aliphatic carbocycles. The maximum Gasteiger partial charge on any atom is 0.305 e. The number of hydrogen-bond acceptors (Lipinski definition) is 4. The van der Waals surface area contributed by atoms with Crippen LogP contribution in [0.5, 0.6) is 0 Å². The van der Waals surface area contributed by atoms with Crippen molar-refractivity contribution >= 4 is 23.4 Å². The van der Waals surface area contributed by atoms with Gasteiger partial charge in [-0.2, -0.15) is 0 Å². The van der Waals surface area contributed by atoms with Gasteiger partial charge in [0.1, 0.15) is 5.76 Å². The van der Waals surface area contributed by atoms with Gasteiger partial charge in [0, 0.05) is 5.02 Å². The highest BCUT2D eigenvalue weighted by atomic mass is 35.5. The lowest BCUT2D eigenvalue weighted by atomic mass is 9.95. The molecular formula is C20H24ClN3O3. The van der Waals surface area contributed by atoms with E-state index in [1.165, 1.54) is 0 Å². The highest BCUT2D eigenvalue weighted by Gasteiger charge is 2.51. The monoisotopic (exact) mass is 389 g/mol. The van der Waals surface area contributed by atoms with E-state index in [1.807, 2.05) is 12.1 Å². The summed E-state index contributed by atoms with van der Waals surface area (Å²) in [5.41, 5.74) is 5.21. The summed E-state index contributed by atoms with van der Waals surface area (Å²) in [5.74, 6) is 0.168. The molecule has 1 heterocycles. The molecule has 6 nitrogen and oxygen atoms in total. The van der Waals surface area contributed by atoms with Crippen molar-refractivity contribution in [3.8, 4) is 0 Å². The zero-order valence-electron chi connectivity index (χ0n) is 15.5. The molecule has 1 aliphatic rings. The number of halogens is 1. The number of nitrogens with one attached hydrogen (secondary N) is 2. The van der Waals surface area contributed by atoms with Gasteiger partial charge in [0.05, 0.1) is 12.0 Å². The van der Waals surface area contributed by atoms with Crippen molar-refractivity contribution < 1.29 is 14.0 Å². The average Bonchev–Trinajstić information content (AvgIpc) is 3.36. The molecule has 0 spiro atoms. The van der Waals surface area contributed by atoms with Gasteiger partial charge in [-0.1, -0.05) is 37.6 Å². The van der Waals surface area contributed by atoms with Crippen LogP contribution >= 0.6 is 11.6 Å². The summed E-state index contributed by atoms with van der Waals surface area (Å²) < 4.78 is 5.59. The molecule has 144 valence electrons. The highest BCUT2D eigenvalue weighted by molar-refractivity contribution is 6.30. The van der Waals surface area contributed by atoms with E-state index in [0.717, 1.165) is 31.5 Å². The first-order valence-electron chi connectivity index (χ1n) is 9.16.